The third-order valence-corrected chi connectivity index (χ3v) is 5.90. The third-order valence-electron chi connectivity index (χ3n) is 5.90. The molecule has 0 saturated carbocycles. The first-order chi connectivity index (χ1) is 13.6. The van der Waals surface area contributed by atoms with Gasteiger partial charge >= 0.3 is 0 Å². The van der Waals surface area contributed by atoms with Gasteiger partial charge in [-0.2, -0.15) is 5.10 Å². The number of para-hydroxylation sites is 1. The Kier molecular flexibility index (Phi) is 6.59. The SMILES string of the molecule is CNC(C(=O)N1CCC(C(=O)N2CCc3ccccc32)CC1)c1cnn(C)c1.Cl. The van der Waals surface area contributed by atoms with E-state index in [0.29, 0.717) is 25.9 Å². The Balaban J connectivity index is 0.00000240. The molecular formula is C21H28ClN5O2. The van der Waals surface area contributed by atoms with E-state index in [1.165, 1.54) is 5.56 Å². The van der Waals surface area contributed by atoms with E-state index in [-0.39, 0.29) is 30.1 Å². The molecule has 1 unspecified atom stereocenters. The predicted octanol–water partition coefficient (Wildman–Crippen LogP) is 1.93. The van der Waals surface area contributed by atoms with Crippen LogP contribution in [0.15, 0.2) is 36.7 Å². The van der Waals surface area contributed by atoms with Crippen molar-refractivity contribution in [3.63, 3.8) is 0 Å². The number of fused-ring (bicyclic) bond motifs is 1. The third kappa shape index (κ3) is 4.16. The fourth-order valence-corrected chi connectivity index (χ4v) is 4.34. The monoisotopic (exact) mass is 417 g/mol. The van der Waals surface area contributed by atoms with Crippen LogP contribution in [0.3, 0.4) is 0 Å². The van der Waals surface area contributed by atoms with Crippen LogP contribution >= 0.6 is 12.4 Å². The molecule has 8 heteroatoms. The number of amides is 2. The summed E-state index contributed by atoms with van der Waals surface area (Å²) in [6.45, 7) is 1.99. The van der Waals surface area contributed by atoms with E-state index in [1.807, 2.05) is 41.2 Å². The molecule has 3 heterocycles. The van der Waals surface area contributed by atoms with Gasteiger partial charge in [-0.3, -0.25) is 14.3 Å². The summed E-state index contributed by atoms with van der Waals surface area (Å²) in [4.78, 5) is 29.8. The molecule has 7 nitrogen and oxygen atoms in total. The first-order valence-electron chi connectivity index (χ1n) is 9.92. The van der Waals surface area contributed by atoms with Gasteiger partial charge in [-0.25, -0.2) is 0 Å². The van der Waals surface area contributed by atoms with E-state index in [2.05, 4.69) is 16.5 Å². The zero-order valence-corrected chi connectivity index (χ0v) is 17.7. The minimum Gasteiger partial charge on any atom is -0.341 e. The zero-order valence-electron chi connectivity index (χ0n) is 16.9. The van der Waals surface area contributed by atoms with E-state index in [4.69, 9.17) is 0 Å². The van der Waals surface area contributed by atoms with Crippen LogP contribution < -0.4 is 10.2 Å². The number of hydrogen-bond donors (Lipinski definition) is 1. The summed E-state index contributed by atoms with van der Waals surface area (Å²) in [6, 6.07) is 7.75. The summed E-state index contributed by atoms with van der Waals surface area (Å²) in [7, 11) is 3.63. The number of anilines is 1. The Labute approximate surface area is 177 Å². The van der Waals surface area contributed by atoms with E-state index in [0.717, 1.165) is 24.2 Å². The molecule has 1 N–H and O–H groups in total. The molecule has 0 aliphatic carbocycles. The van der Waals surface area contributed by atoms with Crippen molar-refractivity contribution >= 4 is 29.9 Å². The number of likely N-dealkylation sites (tertiary alicyclic amines) is 1. The van der Waals surface area contributed by atoms with Crippen LogP contribution in [-0.4, -0.2) is 53.2 Å². The van der Waals surface area contributed by atoms with Crippen LogP contribution in [0.5, 0.6) is 0 Å². The number of nitrogens with one attached hydrogen (secondary N) is 1. The second-order valence-corrected chi connectivity index (χ2v) is 7.64. The number of likely N-dealkylation sites (N-methyl/N-ethyl adjacent to an activating group) is 1. The molecule has 1 fully saturated rings. The van der Waals surface area contributed by atoms with Gasteiger partial charge in [-0.15, -0.1) is 12.4 Å². The Bertz CT molecular complexity index is 875. The minimum atomic E-state index is -0.397. The molecule has 0 radical (unpaired) electrons. The lowest BCUT2D eigenvalue weighted by Crippen LogP contribution is -2.47. The normalized spacial score (nSPS) is 17.6. The summed E-state index contributed by atoms with van der Waals surface area (Å²) < 4.78 is 1.70. The smallest absolute Gasteiger partial charge is 0.244 e. The van der Waals surface area contributed by atoms with Crippen molar-refractivity contribution < 1.29 is 9.59 Å². The number of halogens is 1. The van der Waals surface area contributed by atoms with Crippen molar-refractivity contribution in [1.29, 1.82) is 0 Å². The Morgan fingerprint density at radius 3 is 2.55 bits per heavy atom. The predicted molar refractivity (Wildman–Crippen MR) is 114 cm³/mol. The largest absolute Gasteiger partial charge is 0.341 e. The van der Waals surface area contributed by atoms with E-state index in [9.17, 15) is 9.59 Å². The van der Waals surface area contributed by atoms with Gasteiger partial charge in [0.25, 0.3) is 0 Å². The van der Waals surface area contributed by atoms with Crippen molar-refractivity contribution in [1.82, 2.24) is 20.0 Å². The molecule has 156 valence electrons. The van der Waals surface area contributed by atoms with E-state index in [1.54, 1.807) is 17.9 Å². The van der Waals surface area contributed by atoms with Gasteiger partial charge in [0.2, 0.25) is 11.8 Å². The lowest BCUT2D eigenvalue weighted by molar-refractivity contribution is -0.136. The highest BCUT2D eigenvalue weighted by Crippen LogP contribution is 2.31. The molecule has 2 amide bonds. The molecule has 29 heavy (non-hydrogen) atoms. The van der Waals surface area contributed by atoms with Crippen LogP contribution in [0.4, 0.5) is 5.69 Å². The van der Waals surface area contributed by atoms with Gasteiger partial charge in [-0.05, 0) is 37.9 Å². The van der Waals surface area contributed by atoms with Gasteiger partial charge < -0.3 is 15.1 Å². The van der Waals surface area contributed by atoms with Crippen LogP contribution in [0.1, 0.15) is 30.0 Å². The summed E-state index contributed by atoms with van der Waals surface area (Å²) in [5, 5.41) is 7.27. The maximum atomic E-state index is 13.1. The molecule has 1 aromatic carbocycles. The Hall–Kier alpha value is -2.38. The topological polar surface area (TPSA) is 70.5 Å². The number of carbonyl (C=O) groups excluding carboxylic acids is 2. The van der Waals surface area contributed by atoms with Crippen LogP contribution in [0.25, 0.3) is 0 Å². The minimum absolute atomic E-state index is 0. The lowest BCUT2D eigenvalue weighted by atomic mass is 9.94. The number of aromatic nitrogens is 2. The zero-order chi connectivity index (χ0) is 19.7. The summed E-state index contributed by atoms with van der Waals surface area (Å²) in [6.07, 6.45) is 5.94. The molecule has 1 saturated heterocycles. The fourth-order valence-electron chi connectivity index (χ4n) is 4.34. The molecule has 0 spiro atoms. The van der Waals surface area contributed by atoms with Crippen molar-refractivity contribution in [3.8, 4) is 0 Å². The van der Waals surface area contributed by atoms with Crippen molar-refractivity contribution in [2.45, 2.75) is 25.3 Å². The summed E-state index contributed by atoms with van der Waals surface area (Å²) >= 11 is 0. The maximum Gasteiger partial charge on any atom is 0.244 e. The number of benzene rings is 1. The van der Waals surface area contributed by atoms with Gasteiger partial charge in [-0.1, -0.05) is 18.2 Å². The van der Waals surface area contributed by atoms with Gasteiger partial charge in [0.1, 0.15) is 6.04 Å². The van der Waals surface area contributed by atoms with Gasteiger partial charge in [0.05, 0.1) is 6.20 Å². The highest BCUT2D eigenvalue weighted by molar-refractivity contribution is 5.97. The number of aryl methyl sites for hydroxylation is 1. The standard InChI is InChI=1S/C21H27N5O2.ClH/c1-22-19(17-13-23-24(2)14-17)21(28)25-10-7-16(8-11-25)20(27)26-12-9-15-5-3-4-6-18(15)26;/h3-6,13-14,16,19,22H,7-12H2,1-2H3;1H. The average molecular weight is 418 g/mol. The van der Waals surface area contributed by atoms with E-state index < -0.39 is 6.04 Å². The lowest BCUT2D eigenvalue weighted by Gasteiger charge is -2.35. The van der Waals surface area contributed by atoms with Crippen LogP contribution in [-0.2, 0) is 23.1 Å². The average Bonchev–Trinajstić information content (AvgIpc) is 3.34. The first kappa shape index (κ1) is 21.3. The Morgan fingerprint density at radius 1 is 1.17 bits per heavy atom. The van der Waals surface area contributed by atoms with Crippen molar-refractivity contribution in [2.75, 3.05) is 31.6 Å². The summed E-state index contributed by atoms with van der Waals surface area (Å²) in [5.74, 6) is 0.240. The van der Waals surface area contributed by atoms with Crippen molar-refractivity contribution in [3.05, 3.63) is 47.8 Å². The molecule has 1 atom stereocenters. The molecule has 2 aromatic rings. The molecule has 4 rings (SSSR count). The van der Waals surface area contributed by atoms with Crippen molar-refractivity contribution in [2.24, 2.45) is 13.0 Å². The molecule has 2 aliphatic rings. The first-order valence-corrected chi connectivity index (χ1v) is 9.92. The van der Waals surface area contributed by atoms with Gasteiger partial charge in [0, 0.05) is 50.0 Å². The highest BCUT2D eigenvalue weighted by atomic mass is 35.5. The maximum absolute atomic E-state index is 13.1. The number of piperidine rings is 1. The molecule has 0 bridgehead atoms. The molecular weight excluding hydrogens is 390 g/mol. The number of hydrogen-bond acceptors (Lipinski definition) is 4. The van der Waals surface area contributed by atoms with E-state index >= 15 is 0 Å². The molecule has 2 aliphatic heterocycles. The molecule has 1 aromatic heterocycles. The number of rotatable bonds is 4. The second kappa shape index (κ2) is 8.97. The fraction of sp³-hybridized carbons (Fsp3) is 0.476. The second-order valence-electron chi connectivity index (χ2n) is 7.64. The quantitative estimate of drug-likeness (QED) is 0.825. The Morgan fingerprint density at radius 2 is 1.90 bits per heavy atom. The number of carbonyl (C=O) groups is 2. The van der Waals surface area contributed by atoms with Crippen LogP contribution in [0.2, 0.25) is 0 Å². The summed E-state index contributed by atoms with van der Waals surface area (Å²) in [5.41, 5.74) is 3.16. The van der Waals surface area contributed by atoms with Gasteiger partial charge in [0.15, 0.2) is 0 Å². The van der Waals surface area contributed by atoms with Crippen LogP contribution in [0, 0.1) is 5.92 Å². The highest BCUT2D eigenvalue weighted by Gasteiger charge is 2.35. The number of nitrogens with zero attached hydrogens (tertiary/aromatic N) is 4.